The number of rotatable bonds is 10. The van der Waals surface area contributed by atoms with E-state index in [1.54, 1.807) is 0 Å². The van der Waals surface area contributed by atoms with Crippen LogP contribution in [0.5, 0.6) is 0 Å². The van der Waals surface area contributed by atoms with Gasteiger partial charge in [0, 0.05) is 6.42 Å². The Morgan fingerprint density at radius 3 is 1.85 bits per heavy atom. The molecule has 0 saturated heterocycles. The molecule has 0 aromatic heterocycles. The van der Waals surface area contributed by atoms with Crippen LogP contribution in [0.4, 0.5) is 0 Å². The lowest BCUT2D eigenvalue weighted by atomic mass is 10.0. The van der Waals surface area contributed by atoms with Gasteiger partial charge in [-0.1, -0.05) is 72.8 Å². The van der Waals surface area contributed by atoms with Gasteiger partial charge in [-0.3, -0.25) is 0 Å². The van der Waals surface area contributed by atoms with Crippen LogP contribution in [0.1, 0.15) is 54.9 Å². The van der Waals surface area contributed by atoms with Gasteiger partial charge in [0.05, 0.1) is 12.7 Å². The number of allylic oxidation sites excluding steroid dienone is 2. The van der Waals surface area contributed by atoms with E-state index in [2.05, 4.69) is 86.8 Å². The maximum Gasteiger partial charge on any atom is 0.192 e. The largest absolute Gasteiger partial charge is 0.413 e. The lowest BCUT2D eigenvalue weighted by Crippen LogP contribution is -2.45. The third-order valence-corrected chi connectivity index (χ3v) is 15.2. The molecule has 0 fully saturated rings. The quantitative estimate of drug-likeness (QED) is 0.226. The third-order valence-electron chi connectivity index (χ3n) is 6.18. The van der Waals surface area contributed by atoms with E-state index in [1.807, 2.05) is 12.2 Å². The van der Waals surface area contributed by atoms with E-state index >= 15 is 0 Å². The second-order valence-electron chi connectivity index (χ2n) is 10.6. The standard InChI is InChI=1S/C22H44O3Si2/c1-19(20(16-17-23)25-27(10,11)22(5,6)7)15-13-12-14-18-24-26(8,9)21(2,3)4/h12-15,17,19-20H,16,18H2,1-11H3/b14-12-,15-13+/t19-,20+/m1/s1. The molecule has 0 amide bonds. The first kappa shape index (κ1) is 26.5. The van der Waals surface area contributed by atoms with E-state index in [-0.39, 0.29) is 22.1 Å². The van der Waals surface area contributed by atoms with Crippen molar-refractivity contribution in [2.45, 2.75) is 97.3 Å². The topological polar surface area (TPSA) is 35.5 Å². The van der Waals surface area contributed by atoms with Crippen molar-refractivity contribution in [2.75, 3.05) is 6.61 Å². The highest BCUT2D eigenvalue weighted by Gasteiger charge is 2.40. The molecule has 0 aliphatic heterocycles. The molecule has 0 saturated carbocycles. The van der Waals surface area contributed by atoms with Crippen LogP contribution in [0.2, 0.25) is 36.3 Å². The van der Waals surface area contributed by atoms with E-state index in [0.29, 0.717) is 13.0 Å². The first-order chi connectivity index (χ1) is 12.0. The molecule has 0 rings (SSSR count). The molecular weight excluding hydrogens is 368 g/mol. The first-order valence-corrected chi connectivity index (χ1v) is 16.0. The Bertz CT molecular complexity index is 509. The third kappa shape index (κ3) is 9.03. The van der Waals surface area contributed by atoms with Gasteiger partial charge < -0.3 is 13.6 Å². The summed E-state index contributed by atoms with van der Waals surface area (Å²) < 4.78 is 12.6. The molecule has 0 radical (unpaired) electrons. The Hall–Kier alpha value is -0.496. The zero-order chi connectivity index (χ0) is 21.5. The molecule has 0 N–H and O–H groups in total. The van der Waals surface area contributed by atoms with Gasteiger partial charge in [-0.2, -0.15) is 0 Å². The molecule has 0 aromatic rings. The predicted molar refractivity (Wildman–Crippen MR) is 123 cm³/mol. The van der Waals surface area contributed by atoms with Gasteiger partial charge in [0.15, 0.2) is 16.6 Å². The number of carbonyl (C=O) groups excluding carboxylic acids is 1. The SMILES string of the molecule is C[C@H](/C=C/C=C\CO[Si](C)(C)C(C)(C)C)[C@H](CC=O)O[Si](C)(C)C(C)(C)C. The van der Waals surface area contributed by atoms with E-state index < -0.39 is 16.6 Å². The van der Waals surface area contributed by atoms with Gasteiger partial charge in [-0.15, -0.1) is 0 Å². The van der Waals surface area contributed by atoms with Crippen LogP contribution in [-0.4, -0.2) is 35.6 Å². The summed E-state index contributed by atoms with van der Waals surface area (Å²) in [5.41, 5.74) is 0. The van der Waals surface area contributed by atoms with Crippen LogP contribution in [0.3, 0.4) is 0 Å². The zero-order valence-electron chi connectivity index (χ0n) is 19.7. The monoisotopic (exact) mass is 412 g/mol. The minimum Gasteiger partial charge on any atom is -0.413 e. The summed E-state index contributed by atoms with van der Waals surface area (Å²) in [7, 11) is -3.58. The lowest BCUT2D eigenvalue weighted by Gasteiger charge is -2.40. The normalized spacial score (nSPS) is 16.9. The maximum absolute atomic E-state index is 11.1. The number of hydrogen-bond acceptors (Lipinski definition) is 3. The van der Waals surface area contributed by atoms with Crippen LogP contribution < -0.4 is 0 Å². The van der Waals surface area contributed by atoms with Gasteiger partial charge in [-0.05, 0) is 42.2 Å². The fourth-order valence-corrected chi connectivity index (χ4v) is 4.36. The van der Waals surface area contributed by atoms with E-state index in [4.69, 9.17) is 8.85 Å². The fourth-order valence-electron chi connectivity index (χ4n) is 1.99. The molecule has 5 heteroatoms. The highest BCUT2D eigenvalue weighted by Crippen LogP contribution is 2.38. The Balaban J connectivity index is 4.77. The van der Waals surface area contributed by atoms with Gasteiger partial charge >= 0.3 is 0 Å². The van der Waals surface area contributed by atoms with Gasteiger partial charge in [0.25, 0.3) is 0 Å². The average Bonchev–Trinajstić information content (AvgIpc) is 2.47. The van der Waals surface area contributed by atoms with Crippen molar-refractivity contribution in [3.8, 4) is 0 Å². The molecule has 0 aliphatic carbocycles. The Morgan fingerprint density at radius 2 is 1.41 bits per heavy atom. The van der Waals surface area contributed by atoms with E-state index in [9.17, 15) is 4.79 Å². The van der Waals surface area contributed by atoms with Crippen LogP contribution in [0.25, 0.3) is 0 Å². The predicted octanol–water partition coefficient (Wildman–Crippen LogP) is 6.74. The van der Waals surface area contributed by atoms with Crippen LogP contribution in [-0.2, 0) is 13.6 Å². The minimum absolute atomic E-state index is 0.0588. The van der Waals surface area contributed by atoms with Crippen LogP contribution in [0, 0.1) is 5.92 Å². The summed E-state index contributed by atoms with van der Waals surface area (Å²) in [6.45, 7) is 25.2. The van der Waals surface area contributed by atoms with Crippen LogP contribution in [0.15, 0.2) is 24.3 Å². The number of aldehydes is 1. The zero-order valence-corrected chi connectivity index (χ0v) is 21.7. The van der Waals surface area contributed by atoms with Crippen molar-refractivity contribution >= 4 is 22.9 Å². The molecule has 27 heavy (non-hydrogen) atoms. The van der Waals surface area contributed by atoms with Gasteiger partial charge in [0.2, 0.25) is 0 Å². The number of hydrogen-bond donors (Lipinski definition) is 0. The molecule has 2 atom stereocenters. The highest BCUT2D eigenvalue weighted by molar-refractivity contribution is 6.74. The summed E-state index contributed by atoms with van der Waals surface area (Å²) in [6, 6.07) is 0. The fraction of sp³-hybridized carbons (Fsp3) is 0.773. The summed E-state index contributed by atoms with van der Waals surface area (Å²) in [5, 5.41) is 0.368. The molecule has 0 aliphatic rings. The molecule has 0 spiro atoms. The smallest absolute Gasteiger partial charge is 0.192 e. The van der Waals surface area contributed by atoms with Crippen molar-refractivity contribution in [3.05, 3.63) is 24.3 Å². The Kier molecular flexibility index (Phi) is 10.1. The van der Waals surface area contributed by atoms with E-state index in [0.717, 1.165) is 6.29 Å². The second kappa shape index (κ2) is 10.3. The second-order valence-corrected chi connectivity index (χ2v) is 20.1. The summed E-state index contributed by atoms with van der Waals surface area (Å²) >= 11 is 0. The van der Waals surface area contributed by atoms with Crippen molar-refractivity contribution < 1.29 is 13.6 Å². The van der Waals surface area contributed by atoms with Gasteiger partial charge in [-0.25, -0.2) is 0 Å². The van der Waals surface area contributed by atoms with Crippen molar-refractivity contribution in [2.24, 2.45) is 5.92 Å². The maximum atomic E-state index is 11.1. The minimum atomic E-state index is -1.89. The lowest BCUT2D eigenvalue weighted by molar-refractivity contribution is -0.109. The van der Waals surface area contributed by atoms with Crippen molar-refractivity contribution in [1.82, 2.24) is 0 Å². The molecule has 0 aromatic carbocycles. The Labute approximate surface area is 170 Å². The van der Waals surface area contributed by atoms with E-state index in [1.165, 1.54) is 0 Å². The molecule has 0 bridgehead atoms. The van der Waals surface area contributed by atoms with Crippen LogP contribution >= 0.6 is 0 Å². The highest BCUT2D eigenvalue weighted by atomic mass is 28.4. The summed E-state index contributed by atoms with van der Waals surface area (Å²) in [4.78, 5) is 11.1. The summed E-state index contributed by atoms with van der Waals surface area (Å²) in [6.07, 6.45) is 9.63. The molecule has 158 valence electrons. The first-order valence-electron chi connectivity index (χ1n) is 10.1. The molecular formula is C22H44O3Si2. The molecule has 3 nitrogen and oxygen atoms in total. The van der Waals surface area contributed by atoms with Gasteiger partial charge in [0.1, 0.15) is 6.29 Å². The number of carbonyl (C=O) groups is 1. The summed E-state index contributed by atoms with van der Waals surface area (Å²) in [5.74, 6) is 0.190. The molecule has 0 heterocycles. The van der Waals surface area contributed by atoms with Crippen molar-refractivity contribution in [3.63, 3.8) is 0 Å². The van der Waals surface area contributed by atoms with Crippen molar-refractivity contribution in [1.29, 1.82) is 0 Å². The Morgan fingerprint density at radius 1 is 0.889 bits per heavy atom. The average molecular weight is 413 g/mol. The molecule has 0 unspecified atom stereocenters.